The first-order valence-corrected chi connectivity index (χ1v) is 7.16. The molecule has 1 heterocycles. The summed E-state index contributed by atoms with van der Waals surface area (Å²) in [6.07, 6.45) is 1.78. The number of nitrogens with one attached hydrogen (secondary N) is 1. The van der Waals surface area contributed by atoms with Crippen molar-refractivity contribution in [3.63, 3.8) is 0 Å². The lowest BCUT2D eigenvalue weighted by Crippen LogP contribution is -2.31. The van der Waals surface area contributed by atoms with Crippen LogP contribution in [0.3, 0.4) is 0 Å². The van der Waals surface area contributed by atoms with Crippen LogP contribution in [-0.2, 0) is 0 Å². The molecule has 4 nitrogen and oxygen atoms in total. The monoisotopic (exact) mass is 342 g/mol. The molecule has 6 heteroatoms. The van der Waals surface area contributed by atoms with Gasteiger partial charge in [0.15, 0.2) is 0 Å². The van der Waals surface area contributed by atoms with Crippen molar-refractivity contribution < 1.29 is 0 Å². The van der Waals surface area contributed by atoms with Crippen LogP contribution in [0.15, 0.2) is 34.9 Å². The van der Waals surface area contributed by atoms with Crippen molar-refractivity contribution in [2.75, 3.05) is 0 Å². The van der Waals surface area contributed by atoms with Crippen LogP contribution < -0.4 is 11.3 Å². The largest absolute Gasteiger partial charge is 0.271 e. The Kier molecular flexibility index (Phi) is 4.62. The SMILES string of the molecule is CC(C)n1ncc(Br)c1C(NN)c1cccc(Cl)c1. The molecule has 1 atom stereocenters. The smallest absolute Gasteiger partial charge is 0.0890 e. The molecule has 0 amide bonds. The molecular weight excluding hydrogens is 328 g/mol. The van der Waals surface area contributed by atoms with Gasteiger partial charge in [0.05, 0.1) is 22.4 Å². The van der Waals surface area contributed by atoms with E-state index >= 15 is 0 Å². The van der Waals surface area contributed by atoms with Crippen molar-refractivity contribution in [1.29, 1.82) is 0 Å². The summed E-state index contributed by atoms with van der Waals surface area (Å²) in [5.74, 6) is 5.73. The maximum Gasteiger partial charge on any atom is 0.0890 e. The highest BCUT2D eigenvalue weighted by molar-refractivity contribution is 9.10. The predicted molar refractivity (Wildman–Crippen MR) is 80.9 cm³/mol. The van der Waals surface area contributed by atoms with Gasteiger partial charge in [0, 0.05) is 11.1 Å². The van der Waals surface area contributed by atoms with Gasteiger partial charge in [-0.05, 0) is 47.5 Å². The van der Waals surface area contributed by atoms with Crippen LogP contribution >= 0.6 is 27.5 Å². The Morgan fingerprint density at radius 2 is 2.16 bits per heavy atom. The number of hydrogen-bond donors (Lipinski definition) is 2. The van der Waals surface area contributed by atoms with Crippen molar-refractivity contribution in [3.05, 3.63) is 51.2 Å². The van der Waals surface area contributed by atoms with Crippen molar-refractivity contribution in [1.82, 2.24) is 15.2 Å². The van der Waals surface area contributed by atoms with Crippen LogP contribution in [0.5, 0.6) is 0 Å². The summed E-state index contributed by atoms with van der Waals surface area (Å²) in [4.78, 5) is 0. The second-order valence-corrected chi connectivity index (χ2v) is 5.86. The molecule has 0 fully saturated rings. The molecule has 0 saturated carbocycles. The molecule has 0 radical (unpaired) electrons. The number of hydrazine groups is 1. The number of hydrogen-bond acceptors (Lipinski definition) is 3. The topological polar surface area (TPSA) is 55.9 Å². The minimum absolute atomic E-state index is 0.169. The lowest BCUT2D eigenvalue weighted by Gasteiger charge is -2.21. The van der Waals surface area contributed by atoms with Gasteiger partial charge in [-0.1, -0.05) is 23.7 Å². The molecule has 0 saturated heterocycles. The first kappa shape index (κ1) is 14.5. The Morgan fingerprint density at radius 3 is 2.74 bits per heavy atom. The molecule has 2 rings (SSSR count). The summed E-state index contributed by atoms with van der Waals surface area (Å²) < 4.78 is 2.86. The number of benzene rings is 1. The maximum atomic E-state index is 6.05. The number of aromatic nitrogens is 2. The van der Waals surface area contributed by atoms with E-state index in [9.17, 15) is 0 Å². The second-order valence-electron chi connectivity index (χ2n) is 4.57. The Balaban J connectivity index is 2.51. The van der Waals surface area contributed by atoms with Crippen molar-refractivity contribution in [3.8, 4) is 0 Å². The van der Waals surface area contributed by atoms with E-state index in [-0.39, 0.29) is 12.1 Å². The molecule has 1 unspecified atom stereocenters. The van der Waals surface area contributed by atoms with Crippen LogP contribution in [0.4, 0.5) is 0 Å². The molecule has 19 heavy (non-hydrogen) atoms. The van der Waals surface area contributed by atoms with E-state index in [2.05, 4.69) is 40.3 Å². The van der Waals surface area contributed by atoms with E-state index in [4.69, 9.17) is 17.4 Å². The van der Waals surface area contributed by atoms with E-state index in [1.54, 1.807) is 6.20 Å². The van der Waals surface area contributed by atoms with Gasteiger partial charge >= 0.3 is 0 Å². The minimum atomic E-state index is -0.169. The summed E-state index contributed by atoms with van der Waals surface area (Å²) >= 11 is 9.58. The van der Waals surface area contributed by atoms with E-state index in [1.165, 1.54) is 0 Å². The number of nitrogens with two attached hydrogens (primary N) is 1. The Hall–Kier alpha value is -0.880. The molecule has 0 bridgehead atoms. The van der Waals surface area contributed by atoms with Gasteiger partial charge in [0.25, 0.3) is 0 Å². The highest BCUT2D eigenvalue weighted by Crippen LogP contribution is 2.30. The zero-order valence-corrected chi connectivity index (χ0v) is 13.1. The van der Waals surface area contributed by atoms with Gasteiger partial charge in [-0.3, -0.25) is 10.5 Å². The molecule has 0 aliphatic rings. The fraction of sp³-hybridized carbons (Fsp3) is 0.308. The Morgan fingerprint density at radius 1 is 1.42 bits per heavy atom. The van der Waals surface area contributed by atoms with Gasteiger partial charge in [-0.15, -0.1) is 0 Å². The van der Waals surface area contributed by atoms with Gasteiger partial charge in [-0.25, -0.2) is 5.43 Å². The average molecular weight is 344 g/mol. The van der Waals surface area contributed by atoms with Crippen molar-refractivity contribution >= 4 is 27.5 Å². The van der Waals surface area contributed by atoms with Crippen LogP contribution in [0.25, 0.3) is 0 Å². The highest BCUT2D eigenvalue weighted by atomic mass is 79.9. The first-order valence-electron chi connectivity index (χ1n) is 5.99. The third-order valence-electron chi connectivity index (χ3n) is 2.90. The van der Waals surface area contributed by atoms with Crippen LogP contribution in [0.1, 0.15) is 37.2 Å². The summed E-state index contributed by atoms with van der Waals surface area (Å²) in [7, 11) is 0. The molecule has 0 aliphatic heterocycles. The van der Waals surface area contributed by atoms with Crippen LogP contribution in [-0.4, -0.2) is 9.78 Å². The average Bonchev–Trinajstić information content (AvgIpc) is 2.73. The quantitative estimate of drug-likeness (QED) is 0.660. The minimum Gasteiger partial charge on any atom is -0.271 e. The van der Waals surface area contributed by atoms with Crippen LogP contribution in [0.2, 0.25) is 5.02 Å². The zero-order valence-electron chi connectivity index (χ0n) is 10.8. The molecule has 102 valence electrons. The number of halogens is 2. The van der Waals surface area contributed by atoms with E-state index in [1.807, 2.05) is 28.9 Å². The Labute approximate surface area is 126 Å². The van der Waals surface area contributed by atoms with Gasteiger partial charge in [-0.2, -0.15) is 5.10 Å². The summed E-state index contributed by atoms with van der Waals surface area (Å²) in [5, 5.41) is 5.06. The normalized spacial score (nSPS) is 12.9. The van der Waals surface area contributed by atoms with Crippen molar-refractivity contribution in [2.45, 2.75) is 25.9 Å². The lowest BCUT2D eigenvalue weighted by atomic mass is 10.0. The third-order valence-corrected chi connectivity index (χ3v) is 3.74. The molecular formula is C13H16BrClN4. The number of nitrogens with zero attached hydrogens (tertiary/aromatic N) is 2. The lowest BCUT2D eigenvalue weighted by molar-refractivity contribution is 0.475. The first-order chi connectivity index (χ1) is 9.04. The summed E-state index contributed by atoms with van der Waals surface area (Å²) in [6.45, 7) is 4.16. The molecule has 1 aromatic heterocycles. The maximum absolute atomic E-state index is 6.05. The molecule has 0 spiro atoms. The third kappa shape index (κ3) is 3.00. The standard InChI is InChI=1S/C13H16BrClN4/c1-8(2)19-13(11(14)7-17-19)12(18-16)9-4-3-5-10(15)6-9/h3-8,12,18H,16H2,1-2H3. The molecule has 0 aliphatic carbocycles. The van der Waals surface area contributed by atoms with Crippen LogP contribution in [0, 0.1) is 0 Å². The predicted octanol–water partition coefficient (Wildman–Crippen LogP) is 3.43. The summed E-state index contributed by atoms with van der Waals surface area (Å²) in [6, 6.07) is 7.71. The second kappa shape index (κ2) is 6.05. The molecule has 3 N–H and O–H groups in total. The van der Waals surface area contributed by atoms with Crippen molar-refractivity contribution in [2.24, 2.45) is 5.84 Å². The van der Waals surface area contributed by atoms with E-state index in [0.717, 1.165) is 15.7 Å². The zero-order chi connectivity index (χ0) is 14.0. The summed E-state index contributed by atoms with van der Waals surface area (Å²) in [5.41, 5.74) is 4.82. The fourth-order valence-electron chi connectivity index (χ4n) is 2.05. The molecule has 1 aromatic carbocycles. The van der Waals surface area contributed by atoms with Gasteiger partial charge in [0.1, 0.15) is 0 Å². The number of rotatable bonds is 4. The van der Waals surface area contributed by atoms with Gasteiger partial charge < -0.3 is 0 Å². The van der Waals surface area contributed by atoms with E-state index in [0.29, 0.717) is 5.02 Å². The molecule has 2 aromatic rings. The van der Waals surface area contributed by atoms with E-state index < -0.39 is 0 Å². The Bertz CT molecular complexity index is 568. The highest BCUT2D eigenvalue weighted by Gasteiger charge is 2.22. The van der Waals surface area contributed by atoms with Gasteiger partial charge in [0.2, 0.25) is 0 Å². The fourth-order valence-corrected chi connectivity index (χ4v) is 2.75.